The quantitative estimate of drug-likeness (QED) is 0.870. The molecule has 4 nitrogen and oxygen atoms in total. The van der Waals surface area contributed by atoms with Crippen molar-refractivity contribution in [2.75, 3.05) is 5.73 Å². The molecule has 2 rings (SSSR count). The van der Waals surface area contributed by atoms with Crippen LogP contribution < -0.4 is 11.5 Å². The van der Waals surface area contributed by atoms with Crippen molar-refractivity contribution in [3.05, 3.63) is 52.9 Å². The molecular formula is C12H13ClN4. The zero-order valence-electron chi connectivity index (χ0n) is 9.18. The largest absolute Gasteiger partial charge is 0.384 e. The summed E-state index contributed by atoms with van der Waals surface area (Å²) in [6.07, 6.45) is 3.98. The molecule has 2 aromatic heterocycles. The summed E-state index contributed by atoms with van der Waals surface area (Å²) in [6, 6.07) is 7.00. The molecule has 0 aliphatic heterocycles. The fourth-order valence-corrected chi connectivity index (χ4v) is 1.90. The molecule has 0 saturated carbocycles. The average Bonchev–Trinajstić information content (AvgIpc) is 2.29. The second kappa shape index (κ2) is 5.12. The predicted octanol–water partition coefficient (Wildman–Crippen LogP) is 1.95. The number of pyridine rings is 2. The minimum atomic E-state index is -0.245. The van der Waals surface area contributed by atoms with Crippen molar-refractivity contribution in [3.63, 3.8) is 0 Å². The second-order valence-electron chi connectivity index (χ2n) is 3.77. The molecule has 0 aromatic carbocycles. The fourth-order valence-electron chi connectivity index (χ4n) is 1.64. The molecule has 17 heavy (non-hydrogen) atoms. The smallest absolute Gasteiger partial charge is 0.123 e. The Morgan fingerprint density at radius 2 is 2.06 bits per heavy atom. The van der Waals surface area contributed by atoms with E-state index in [2.05, 4.69) is 9.97 Å². The maximum atomic E-state index is 6.07. The van der Waals surface area contributed by atoms with Gasteiger partial charge in [-0.25, -0.2) is 4.98 Å². The van der Waals surface area contributed by atoms with Crippen LogP contribution in [0.25, 0.3) is 0 Å². The van der Waals surface area contributed by atoms with Gasteiger partial charge in [0.15, 0.2) is 0 Å². The number of nitrogen functional groups attached to an aromatic ring is 1. The summed E-state index contributed by atoms with van der Waals surface area (Å²) in [5.74, 6) is 0.488. The van der Waals surface area contributed by atoms with Crippen molar-refractivity contribution in [2.45, 2.75) is 12.5 Å². The van der Waals surface area contributed by atoms with Gasteiger partial charge in [0.2, 0.25) is 0 Å². The van der Waals surface area contributed by atoms with E-state index in [0.717, 1.165) is 5.56 Å². The normalized spacial score (nSPS) is 12.4. The van der Waals surface area contributed by atoms with Crippen LogP contribution >= 0.6 is 11.6 Å². The van der Waals surface area contributed by atoms with Crippen LogP contribution in [-0.4, -0.2) is 9.97 Å². The van der Waals surface area contributed by atoms with Gasteiger partial charge < -0.3 is 11.5 Å². The van der Waals surface area contributed by atoms with Crippen LogP contribution in [0.5, 0.6) is 0 Å². The Labute approximate surface area is 105 Å². The predicted molar refractivity (Wildman–Crippen MR) is 68.5 cm³/mol. The maximum Gasteiger partial charge on any atom is 0.123 e. The molecule has 2 heterocycles. The van der Waals surface area contributed by atoms with Crippen LogP contribution in [0.1, 0.15) is 17.3 Å². The fraction of sp³-hybridized carbons (Fsp3) is 0.167. The number of hydrogen-bond acceptors (Lipinski definition) is 4. The van der Waals surface area contributed by atoms with Crippen LogP contribution in [0.3, 0.4) is 0 Å². The number of aromatic nitrogens is 2. The molecule has 1 unspecified atom stereocenters. The van der Waals surface area contributed by atoms with Crippen molar-refractivity contribution in [1.82, 2.24) is 9.97 Å². The SMILES string of the molecule is Nc1cc(CC(N)c2ncccc2Cl)ccn1. The molecule has 0 radical (unpaired) electrons. The highest BCUT2D eigenvalue weighted by Crippen LogP contribution is 2.21. The van der Waals surface area contributed by atoms with E-state index in [1.165, 1.54) is 0 Å². The summed E-state index contributed by atoms with van der Waals surface area (Å²) in [7, 11) is 0. The van der Waals surface area contributed by atoms with E-state index < -0.39 is 0 Å². The highest BCUT2D eigenvalue weighted by molar-refractivity contribution is 6.31. The third-order valence-corrected chi connectivity index (χ3v) is 2.76. The van der Waals surface area contributed by atoms with Gasteiger partial charge in [-0.05, 0) is 36.2 Å². The molecule has 0 aliphatic rings. The lowest BCUT2D eigenvalue weighted by molar-refractivity contribution is 0.696. The molecule has 4 N–H and O–H groups in total. The zero-order chi connectivity index (χ0) is 12.3. The molecule has 0 fully saturated rings. The van der Waals surface area contributed by atoms with Crippen LogP contribution in [0.15, 0.2) is 36.7 Å². The Hall–Kier alpha value is -1.65. The average molecular weight is 249 g/mol. The van der Waals surface area contributed by atoms with E-state index in [0.29, 0.717) is 23.0 Å². The van der Waals surface area contributed by atoms with Gasteiger partial charge in [-0.2, -0.15) is 0 Å². The first kappa shape index (κ1) is 11.8. The van der Waals surface area contributed by atoms with Gasteiger partial charge in [-0.15, -0.1) is 0 Å². The minimum absolute atomic E-state index is 0.245. The van der Waals surface area contributed by atoms with Crippen LogP contribution in [0.2, 0.25) is 5.02 Å². The summed E-state index contributed by atoms with van der Waals surface area (Å²) in [5, 5.41) is 0.585. The van der Waals surface area contributed by atoms with Gasteiger partial charge in [0, 0.05) is 12.4 Å². The van der Waals surface area contributed by atoms with E-state index >= 15 is 0 Å². The highest BCUT2D eigenvalue weighted by atomic mass is 35.5. The molecular weight excluding hydrogens is 236 g/mol. The topological polar surface area (TPSA) is 77.8 Å². The summed E-state index contributed by atoms with van der Waals surface area (Å²) < 4.78 is 0. The Bertz CT molecular complexity index is 515. The molecule has 1 atom stereocenters. The first-order valence-electron chi connectivity index (χ1n) is 5.23. The monoisotopic (exact) mass is 248 g/mol. The Balaban J connectivity index is 2.17. The van der Waals surface area contributed by atoms with E-state index in [1.54, 1.807) is 30.6 Å². The van der Waals surface area contributed by atoms with E-state index in [-0.39, 0.29) is 6.04 Å². The zero-order valence-corrected chi connectivity index (χ0v) is 9.93. The van der Waals surface area contributed by atoms with Gasteiger partial charge >= 0.3 is 0 Å². The molecule has 0 aliphatic carbocycles. The number of rotatable bonds is 3. The third-order valence-electron chi connectivity index (χ3n) is 2.44. The number of halogens is 1. The summed E-state index contributed by atoms with van der Waals surface area (Å²) in [5.41, 5.74) is 13.4. The maximum absolute atomic E-state index is 6.07. The van der Waals surface area contributed by atoms with Gasteiger partial charge in [-0.1, -0.05) is 11.6 Å². The Morgan fingerprint density at radius 1 is 1.24 bits per heavy atom. The Kier molecular flexibility index (Phi) is 3.56. The molecule has 0 spiro atoms. The van der Waals surface area contributed by atoms with Crippen molar-refractivity contribution in [2.24, 2.45) is 5.73 Å². The van der Waals surface area contributed by atoms with Crippen LogP contribution in [-0.2, 0) is 6.42 Å². The number of anilines is 1. The van der Waals surface area contributed by atoms with Gasteiger partial charge in [0.25, 0.3) is 0 Å². The number of nitrogens with two attached hydrogens (primary N) is 2. The van der Waals surface area contributed by atoms with Crippen LogP contribution in [0, 0.1) is 0 Å². The number of hydrogen-bond donors (Lipinski definition) is 2. The van der Waals surface area contributed by atoms with E-state index in [1.807, 2.05) is 6.07 Å². The summed E-state index contributed by atoms with van der Waals surface area (Å²) >= 11 is 6.04. The van der Waals surface area contributed by atoms with Crippen molar-refractivity contribution in [1.29, 1.82) is 0 Å². The molecule has 2 aromatic rings. The molecule has 0 bridgehead atoms. The number of nitrogens with zero attached hydrogens (tertiary/aromatic N) is 2. The van der Waals surface area contributed by atoms with Crippen molar-refractivity contribution in [3.8, 4) is 0 Å². The minimum Gasteiger partial charge on any atom is -0.384 e. The molecule has 88 valence electrons. The van der Waals surface area contributed by atoms with E-state index in [9.17, 15) is 0 Å². The van der Waals surface area contributed by atoms with Crippen LogP contribution in [0.4, 0.5) is 5.82 Å². The standard InChI is InChI=1S/C12H13ClN4/c13-9-2-1-4-17-12(9)10(14)6-8-3-5-16-11(15)7-8/h1-5,7,10H,6,14H2,(H2,15,16). The lowest BCUT2D eigenvalue weighted by Crippen LogP contribution is -2.15. The lowest BCUT2D eigenvalue weighted by Gasteiger charge is -2.12. The lowest BCUT2D eigenvalue weighted by atomic mass is 10.0. The van der Waals surface area contributed by atoms with Gasteiger partial charge in [0.05, 0.1) is 16.8 Å². The second-order valence-corrected chi connectivity index (χ2v) is 4.18. The Morgan fingerprint density at radius 3 is 2.76 bits per heavy atom. The molecule has 0 amide bonds. The van der Waals surface area contributed by atoms with Crippen molar-refractivity contribution >= 4 is 17.4 Å². The highest BCUT2D eigenvalue weighted by Gasteiger charge is 2.12. The first-order valence-corrected chi connectivity index (χ1v) is 5.61. The van der Waals surface area contributed by atoms with Gasteiger partial charge in [0.1, 0.15) is 5.82 Å². The van der Waals surface area contributed by atoms with Gasteiger partial charge in [-0.3, -0.25) is 4.98 Å². The molecule has 5 heteroatoms. The summed E-state index contributed by atoms with van der Waals surface area (Å²) in [6.45, 7) is 0. The summed E-state index contributed by atoms with van der Waals surface area (Å²) in [4.78, 5) is 8.13. The van der Waals surface area contributed by atoms with E-state index in [4.69, 9.17) is 23.1 Å². The van der Waals surface area contributed by atoms with Crippen molar-refractivity contribution < 1.29 is 0 Å². The third kappa shape index (κ3) is 2.93. The molecule has 0 saturated heterocycles. The first-order chi connectivity index (χ1) is 8.16.